The number of methoxy groups -OCH3 is 1. The number of nitrogens with zero attached hydrogens (tertiary/aromatic N) is 3. The highest BCUT2D eigenvalue weighted by molar-refractivity contribution is 5.39. The highest BCUT2D eigenvalue weighted by atomic mass is 19.1. The summed E-state index contributed by atoms with van der Waals surface area (Å²) in [6, 6.07) is 0. The monoisotopic (exact) mass is 265 g/mol. The van der Waals surface area contributed by atoms with Crippen LogP contribution in [0.2, 0.25) is 0 Å². The lowest BCUT2D eigenvalue weighted by Gasteiger charge is -2.44. The summed E-state index contributed by atoms with van der Waals surface area (Å²) in [5.41, 5.74) is 0.185. The first-order chi connectivity index (χ1) is 9.25. The first kappa shape index (κ1) is 12.8. The number of halogens is 1. The molecule has 1 aliphatic carbocycles. The van der Waals surface area contributed by atoms with E-state index in [0.29, 0.717) is 11.9 Å². The van der Waals surface area contributed by atoms with E-state index in [-0.39, 0.29) is 11.2 Å². The maximum Gasteiger partial charge on any atom is 0.183 e. The van der Waals surface area contributed by atoms with Crippen molar-refractivity contribution in [3.63, 3.8) is 0 Å². The molecule has 1 aromatic heterocycles. The Bertz CT molecular complexity index is 456. The van der Waals surface area contributed by atoms with Gasteiger partial charge in [-0.3, -0.25) is 0 Å². The molecule has 5 heteroatoms. The number of hydrogen-bond donors (Lipinski definition) is 0. The van der Waals surface area contributed by atoms with Crippen LogP contribution in [0, 0.1) is 11.2 Å². The van der Waals surface area contributed by atoms with E-state index in [2.05, 4.69) is 14.9 Å². The summed E-state index contributed by atoms with van der Waals surface area (Å²) in [6.07, 6.45) is 8.72. The summed E-state index contributed by atoms with van der Waals surface area (Å²) in [7, 11) is 1.79. The van der Waals surface area contributed by atoms with Crippen LogP contribution in [0.3, 0.4) is 0 Å². The normalized spacial score (nSPS) is 31.1. The Labute approximate surface area is 113 Å². The van der Waals surface area contributed by atoms with Crippen LogP contribution in [0.1, 0.15) is 32.1 Å². The molecule has 0 unspecified atom stereocenters. The topological polar surface area (TPSA) is 38.2 Å². The third-order valence-corrected chi connectivity index (χ3v) is 4.66. The standard InChI is InChI=1S/C14H20FN3O/c1-19-12-4-2-5-14(12)6-3-7-18(9-14)13-11(15)8-16-10-17-13/h8,10,12H,2-7,9H2,1H3/t12-,14-/m1/s1. The van der Waals surface area contributed by atoms with Crippen LogP contribution in [-0.2, 0) is 4.74 Å². The van der Waals surface area contributed by atoms with Crippen molar-refractivity contribution in [2.75, 3.05) is 25.1 Å². The molecule has 2 heterocycles. The summed E-state index contributed by atoms with van der Waals surface area (Å²) in [6.45, 7) is 1.71. The van der Waals surface area contributed by atoms with E-state index in [1.807, 2.05) is 0 Å². The van der Waals surface area contributed by atoms with Gasteiger partial charge in [0.05, 0.1) is 12.3 Å². The van der Waals surface area contributed by atoms with E-state index in [4.69, 9.17) is 4.74 Å². The van der Waals surface area contributed by atoms with Crippen LogP contribution in [0.15, 0.2) is 12.5 Å². The molecule has 4 nitrogen and oxygen atoms in total. The Kier molecular flexibility index (Phi) is 3.39. The van der Waals surface area contributed by atoms with Crippen molar-refractivity contribution >= 4 is 5.82 Å². The lowest BCUT2D eigenvalue weighted by molar-refractivity contribution is 0.00206. The summed E-state index contributed by atoms with van der Waals surface area (Å²) >= 11 is 0. The minimum atomic E-state index is -0.327. The quantitative estimate of drug-likeness (QED) is 0.823. The van der Waals surface area contributed by atoms with Crippen molar-refractivity contribution in [2.45, 2.75) is 38.2 Å². The van der Waals surface area contributed by atoms with Crippen molar-refractivity contribution < 1.29 is 9.13 Å². The Morgan fingerprint density at radius 2 is 2.26 bits per heavy atom. The first-order valence-corrected chi connectivity index (χ1v) is 6.98. The van der Waals surface area contributed by atoms with Gasteiger partial charge in [0.1, 0.15) is 6.33 Å². The van der Waals surface area contributed by atoms with E-state index < -0.39 is 0 Å². The molecule has 0 radical (unpaired) electrons. The maximum atomic E-state index is 13.8. The lowest BCUT2D eigenvalue weighted by Crippen LogP contribution is -2.48. The molecular formula is C14H20FN3O. The van der Waals surface area contributed by atoms with Gasteiger partial charge in [0.15, 0.2) is 11.6 Å². The Balaban J connectivity index is 1.84. The lowest BCUT2D eigenvalue weighted by atomic mass is 9.76. The molecule has 19 heavy (non-hydrogen) atoms. The van der Waals surface area contributed by atoms with Crippen LogP contribution in [0.25, 0.3) is 0 Å². The molecule has 1 aliphatic heterocycles. The van der Waals surface area contributed by atoms with Gasteiger partial charge in [-0.2, -0.15) is 0 Å². The molecule has 1 aromatic rings. The Hall–Kier alpha value is -1.23. The van der Waals surface area contributed by atoms with Gasteiger partial charge in [0.25, 0.3) is 0 Å². The number of anilines is 1. The highest BCUT2D eigenvalue weighted by Gasteiger charge is 2.46. The number of rotatable bonds is 2. The fraction of sp³-hybridized carbons (Fsp3) is 0.714. The minimum absolute atomic E-state index is 0.185. The molecule has 0 amide bonds. The smallest absolute Gasteiger partial charge is 0.183 e. The van der Waals surface area contributed by atoms with Gasteiger partial charge in [-0.1, -0.05) is 6.42 Å². The predicted molar refractivity (Wildman–Crippen MR) is 70.5 cm³/mol. The number of aromatic nitrogens is 2. The zero-order valence-electron chi connectivity index (χ0n) is 11.3. The fourth-order valence-electron chi connectivity index (χ4n) is 3.82. The largest absolute Gasteiger partial charge is 0.381 e. The molecule has 0 aromatic carbocycles. The molecule has 2 fully saturated rings. The molecule has 1 saturated carbocycles. The predicted octanol–water partition coefficient (Wildman–Crippen LogP) is 2.40. The Morgan fingerprint density at radius 1 is 1.42 bits per heavy atom. The highest BCUT2D eigenvalue weighted by Crippen LogP contribution is 2.47. The fourth-order valence-corrected chi connectivity index (χ4v) is 3.82. The van der Waals surface area contributed by atoms with Crippen LogP contribution < -0.4 is 4.90 Å². The average Bonchev–Trinajstić information content (AvgIpc) is 2.81. The van der Waals surface area contributed by atoms with E-state index in [1.165, 1.54) is 31.8 Å². The SMILES string of the molecule is CO[C@@H]1CCC[C@]12CCCN(c1ncncc1F)C2. The second kappa shape index (κ2) is 5.04. The maximum absolute atomic E-state index is 13.8. The third kappa shape index (κ3) is 2.20. The second-order valence-corrected chi connectivity index (χ2v) is 5.70. The van der Waals surface area contributed by atoms with Crippen LogP contribution in [-0.4, -0.2) is 36.3 Å². The molecule has 3 rings (SSSR count). The van der Waals surface area contributed by atoms with Crippen LogP contribution >= 0.6 is 0 Å². The van der Waals surface area contributed by atoms with Gasteiger partial charge in [-0.05, 0) is 25.7 Å². The van der Waals surface area contributed by atoms with Gasteiger partial charge < -0.3 is 9.64 Å². The third-order valence-electron chi connectivity index (χ3n) is 4.66. The molecule has 1 saturated heterocycles. The molecule has 1 spiro atoms. The van der Waals surface area contributed by atoms with Crippen LogP contribution in [0.4, 0.5) is 10.2 Å². The molecule has 2 aliphatic rings. The first-order valence-electron chi connectivity index (χ1n) is 6.98. The van der Waals surface area contributed by atoms with E-state index >= 15 is 0 Å². The zero-order valence-corrected chi connectivity index (χ0v) is 11.3. The molecule has 0 N–H and O–H groups in total. The summed E-state index contributed by atoms with van der Waals surface area (Å²) in [4.78, 5) is 9.90. The summed E-state index contributed by atoms with van der Waals surface area (Å²) in [5, 5.41) is 0. The summed E-state index contributed by atoms with van der Waals surface area (Å²) in [5.74, 6) is 0.113. The number of hydrogen-bond acceptors (Lipinski definition) is 4. The van der Waals surface area contributed by atoms with E-state index in [0.717, 1.165) is 25.9 Å². The van der Waals surface area contributed by atoms with Crippen LogP contribution in [0.5, 0.6) is 0 Å². The zero-order chi connectivity index (χ0) is 13.3. The summed E-state index contributed by atoms with van der Waals surface area (Å²) < 4.78 is 19.5. The van der Waals surface area contributed by atoms with Gasteiger partial charge in [0, 0.05) is 25.6 Å². The Morgan fingerprint density at radius 3 is 3.05 bits per heavy atom. The van der Waals surface area contributed by atoms with Gasteiger partial charge in [-0.15, -0.1) is 0 Å². The molecule has 0 bridgehead atoms. The number of piperidine rings is 1. The average molecular weight is 265 g/mol. The second-order valence-electron chi connectivity index (χ2n) is 5.70. The van der Waals surface area contributed by atoms with Crippen molar-refractivity contribution in [2.24, 2.45) is 5.41 Å². The minimum Gasteiger partial charge on any atom is -0.381 e. The molecular weight excluding hydrogens is 245 g/mol. The van der Waals surface area contributed by atoms with Crippen molar-refractivity contribution in [1.29, 1.82) is 0 Å². The molecule has 2 atom stereocenters. The van der Waals surface area contributed by atoms with E-state index in [9.17, 15) is 4.39 Å². The van der Waals surface area contributed by atoms with Gasteiger partial charge in [-0.25, -0.2) is 14.4 Å². The van der Waals surface area contributed by atoms with Gasteiger partial charge in [0.2, 0.25) is 0 Å². The number of ether oxygens (including phenoxy) is 1. The van der Waals surface area contributed by atoms with Crippen molar-refractivity contribution in [1.82, 2.24) is 9.97 Å². The van der Waals surface area contributed by atoms with Crippen molar-refractivity contribution in [3.8, 4) is 0 Å². The van der Waals surface area contributed by atoms with Gasteiger partial charge >= 0.3 is 0 Å². The molecule has 104 valence electrons. The van der Waals surface area contributed by atoms with E-state index in [1.54, 1.807) is 7.11 Å². The van der Waals surface area contributed by atoms with Crippen molar-refractivity contribution in [3.05, 3.63) is 18.3 Å².